The molecule has 0 aromatic heterocycles. The molecule has 1 atom stereocenters. The fourth-order valence-electron chi connectivity index (χ4n) is 2.52. The molecule has 102 valence electrons. The molecule has 1 aliphatic rings. The van der Waals surface area contributed by atoms with E-state index in [2.05, 4.69) is 0 Å². The maximum atomic E-state index is 12.3. The zero-order valence-electron chi connectivity index (χ0n) is 11.2. The number of hydrogen-bond acceptors (Lipinski definition) is 3. The topological polar surface area (TPSA) is 37.4 Å². The van der Waals surface area contributed by atoms with Gasteiger partial charge in [-0.1, -0.05) is 37.3 Å². The van der Waals surface area contributed by atoms with Crippen LogP contribution in [0.1, 0.15) is 13.3 Å². The number of thioether (sulfide) groups is 1. The van der Waals surface area contributed by atoms with Gasteiger partial charge in [-0.3, -0.25) is 9.59 Å². The summed E-state index contributed by atoms with van der Waals surface area (Å²) in [5, 5.41) is 1.92. The lowest BCUT2D eigenvalue weighted by molar-refractivity contribution is -0.121. The quantitative estimate of drug-likeness (QED) is 0.813. The summed E-state index contributed by atoms with van der Waals surface area (Å²) in [6.07, 6.45) is 0.310. The van der Waals surface area contributed by atoms with Gasteiger partial charge in [-0.05, 0) is 28.7 Å². The lowest BCUT2D eigenvalue weighted by Crippen LogP contribution is -2.31. The van der Waals surface area contributed by atoms with Crippen LogP contribution < -0.4 is 4.90 Å². The van der Waals surface area contributed by atoms with E-state index in [4.69, 9.17) is 0 Å². The molecule has 0 radical (unpaired) electrons. The van der Waals surface area contributed by atoms with Gasteiger partial charge >= 0.3 is 0 Å². The van der Waals surface area contributed by atoms with Crippen molar-refractivity contribution in [3.8, 4) is 0 Å². The van der Waals surface area contributed by atoms with E-state index >= 15 is 0 Å². The summed E-state index contributed by atoms with van der Waals surface area (Å²) in [7, 11) is 0. The monoisotopic (exact) mass is 285 g/mol. The molecule has 2 aromatic carbocycles. The average molecular weight is 285 g/mol. The van der Waals surface area contributed by atoms with Gasteiger partial charge < -0.3 is 0 Å². The Kier molecular flexibility index (Phi) is 3.49. The minimum absolute atomic E-state index is 0.0860. The Hall–Kier alpha value is -1.81. The third-order valence-electron chi connectivity index (χ3n) is 3.46. The molecule has 0 N–H and O–H groups in total. The molecule has 0 spiro atoms. The van der Waals surface area contributed by atoms with E-state index in [1.807, 2.05) is 49.4 Å². The van der Waals surface area contributed by atoms with Crippen LogP contribution in [0.3, 0.4) is 0 Å². The molecule has 1 heterocycles. The molecule has 3 nitrogen and oxygen atoms in total. The molecule has 0 aliphatic carbocycles. The van der Waals surface area contributed by atoms with E-state index in [1.54, 1.807) is 11.8 Å². The molecular weight excluding hydrogens is 270 g/mol. The molecule has 1 unspecified atom stereocenters. The molecule has 3 rings (SSSR count). The standard InChI is InChI=1S/C16H15NO2S/c1-2-20-14-10-15(18)17(16(14)19)13-8-7-11-5-3-4-6-12(11)9-13/h3-9,14H,2,10H2,1H3. The van der Waals surface area contributed by atoms with Crippen molar-refractivity contribution in [2.24, 2.45) is 0 Å². The van der Waals surface area contributed by atoms with Gasteiger partial charge in [0.15, 0.2) is 0 Å². The largest absolute Gasteiger partial charge is 0.274 e. The first-order valence-corrected chi connectivity index (χ1v) is 7.73. The molecule has 0 saturated carbocycles. The zero-order valence-corrected chi connectivity index (χ0v) is 12.0. The van der Waals surface area contributed by atoms with Crippen molar-refractivity contribution >= 4 is 40.0 Å². The van der Waals surface area contributed by atoms with Crippen molar-refractivity contribution in [2.45, 2.75) is 18.6 Å². The molecule has 2 aromatic rings. The molecule has 20 heavy (non-hydrogen) atoms. The highest BCUT2D eigenvalue weighted by molar-refractivity contribution is 8.00. The summed E-state index contributed by atoms with van der Waals surface area (Å²) in [5.74, 6) is 0.656. The van der Waals surface area contributed by atoms with Crippen molar-refractivity contribution < 1.29 is 9.59 Å². The van der Waals surface area contributed by atoms with E-state index in [0.29, 0.717) is 12.1 Å². The van der Waals surface area contributed by atoms with Crippen molar-refractivity contribution in [1.82, 2.24) is 0 Å². The molecular formula is C16H15NO2S. The minimum Gasteiger partial charge on any atom is -0.274 e. The first-order valence-electron chi connectivity index (χ1n) is 6.68. The van der Waals surface area contributed by atoms with Crippen LogP contribution in [-0.4, -0.2) is 22.8 Å². The number of carbonyl (C=O) groups excluding carboxylic acids is 2. The summed E-state index contributed by atoms with van der Waals surface area (Å²) >= 11 is 1.54. The molecule has 1 saturated heterocycles. The summed E-state index contributed by atoms with van der Waals surface area (Å²) < 4.78 is 0. The van der Waals surface area contributed by atoms with Crippen molar-refractivity contribution in [1.29, 1.82) is 0 Å². The number of anilines is 1. The van der Waals surface area contributed by atoms with Crippen LogP contribution in [-0.2, 0) is 9.59 Å². The Labute approximate surface area is 122 Å². The van der Waals surface area contributed by atoms with Gasteiger partial charge in [0.25, 0.3) is 0 Å². The van der Waals surface area contributed by atoms with Gasteiger partial charge in [0.1, 0.15) is 0 Å². The highest BCUT2D eigenvalue weighted by atomic mass is 32.2. The van der Waals surface area contributed by atoms with E-state index < -0.39 is 0 Å². The number of amides is 2. The van der Waals surface area contributed by atoms with E-state index in [9.17, 15) is 9.59 Å². The molecule has 0 bridgehead atoms. The Morgan fingerprint density at radius 1 is 1.15 bits per heavy atom. The fourth-order valence-corrected chi connectivity index (χ4v) is 3.43. The average Bonchev–Trinajstić information content (AvgIpc) is 2.73. The Morgan fingerprint density at radius 2 is 1.90 bits per heavy atom. The van der Waals surface area contributed by atoms with Gasteiger partial charge in [0.2, 0.25) is 11.8 Å². The van der Waals surface area contributed by atoms with Gasteiger partial charge in [0, 0.05) is 6.42 Å². The van der Waals surface area contributed by atoms with Gasteiger partial charge in [-0.2, -0.15) is 0 Å². The predicted octanol–water partition coefficient (Wildman–Crippen LogP) is 3.22. The molecule has 4 heteroatoms. The van der Waals surface area contributed by atoms with Crippen molar-refractivity contribution in [2.75, 3.05) is 10.7 Å². The lowest BCUT2D eigenvalue weighted by atomic mass is 10.1. The predicted molar refractivity (Wildman–Crippen MR) is 83.0 cm³/mol. The summed E-state index contributed by atoms with van der Waals surface area (Å²) in [6.45, 7) is 2.00. The van der Waals surface area contributed by atoms with Gasteiger partial charge in [-0.15, -0.1) is 11.8 Å². The number of imide groups is 1. The summed E-state index contributed by atoms with van der Waals surface area (Å²) in [4.78, 5) is 25.8. The van der Waals surface area contributed by atoms with Crippen LogP contribution in [0.15, 0.2) is 42.5 Å². The van der Waals surface area contributed by atoms with Crippen LogP contribution in [0.5, 0.6) is 0 Å². The van der Waals surface area contributed by atoms with Crippen LogP contribution in [0.25, 0.3) is 10.8 Å². The maximum absolute atomic E-state index is 12.3. The van der Waals surface area contributed by atoms with Gasteiger partial charge in [0.05, 0.1) is 10.9 Å². The fraction of sp³-hybridized carbons (Fsp3) is 0.250. The number of nitrogens with zero attached hydrogens (tertiary/aromatic N) is 1. The highest BCUT2D eigenvalue weighted by Gasteiger charge is 2.39. The lowest BCUT2D eigenvalue weighted by Gasteiger charge is -2.15. The Bertz CT molecular complexity index is 683. The zero-order chi connectivity index (χ0) is 14.1. The van der Waals surface area contributed by atoms with Crippen LogP contribution in [0.2, 0.25) is 0 Å². The van der Waals surface area contributed by atoms with Crippen LogP contribution in [0, 0.1) is 0 Å². The van der Waals surface area contributed by atoms with Crippen LogP contribution in [0.4, 0.5) is 5.69 Å². The third kappa shape index (κ3) is 2.20. The number of rotatable bonds is 3. The summed E-state index contributed by atoms with van der Waals surface area (Å²) in [5.41, 5.74) is 0.679. The second-order valence-electron chi connectivity index (χ2n) is 4.75. The highest BCUT2D eigenvalue weighted by Crippen LogP contribution is 2.31. The van der Waals surface area contributed by atoms with Crippen molar-refractivity contribution in [3.63, 3.8) is 0 Å². The Balaban J connectivity index is 1.98. The molecule has 2 amide bonds. The maximum Gasteiger partial charge on any atom is 0.247 e. The minimum atomic E-state index is -0.223. The number of carbonyl (C=O) groups is 2. The smallest absolute Gasteiger partial charge is 0.247 e. The normalized spacial score (nSPS) is 19.1. The van der Waals surface area contributed by atoms with Crippen molar-refractivity contribution in [3.05, 3.63) is 42.5 Å². The Morgan fingerprint density at radius 3 is 2.65 bits per heavy atom. The third-order valence-corrected chi connectivity index (χ3v) is 4.57. The number of benzene rings is 2. The number of hydrogen-bond donors (Lipinski definition) is 0. The molecule has 1 fully saturated rings. The SMILES string of the molecule is CCSC1CC(=O)N(c2ccc3ccccc3c2)C1=O. The first kappa shape index (κ1) is 13.2. The van der Waals surface area contributed by atoms with E-state index in [1.165, 1.54) is 4.90 Å². The molecule has 1 aliphatic heterocycles. The summed E-state index contributed by atoms with van der Waals surface area (Å²) in [6, 6.07) is 13.6. The number of fused-ring (bicyclic) bond motifs is 1. The second kappa shape index (κ2) is 5.29. The first-order chi connectivity index (χ1) is 9.70. The van der Waals surface area contributed by atoms with Gasteiger partial charge in [-0.25, -0.2) is 4.90 Å². The second-order valence-corrected chi connectivity index (χ2v) is 6.23. The van der Waals surface area contributed by atoms with E-state index in [-0.39, 0.29) is 17.1 Å². The van der Waals surface area contributed by atoms with E-state index in [0.717, 1.165) is 16.5 Å². The van der Waals surface area contributed by atoms with Crippen LogP contribution >= 0.6 is 11.8 Å².